The molecular formula is C9H7N4O2S-. The lowest BCUT2D eigenvalue weighted by Gasteiger charge is -2.03. The molecule has 0 aromatic carbocycles. The number of carboxylic acids is 1. The molecule has 0 atom stereocenters. The molecule has 0 saturated carbocycles. The van der Waals surface area contributed by atoms with E-state index in [1.807, 2.05) is 0 Å². The number of carboxylic acid groups (broad SMARTS) is 1. The minimum atomic E-state index is -1.14. The van der Waals surface area contributed by atoms with E-state index in [-0.39, 0.29) is 5.75 Å². The van der Waals surface area contributed by atoms with E-state index in [1.54, 1.807) is 35.4 Å². The zero-order chi connectivity index (χ0) is 11.4. The Labute approximate surface area is 95.3 Å². The molecule has 0 amide bonds. The van der Waals surface area contributed by atoms with Crippen LogP contribution in [0.15, 0.2) is 35.9 Å². The first kappa shape index (κ1) is 10.6. The number of aromatic nitrogens is 4. The predicted octanol–water partition coefficient (Wildman–Crippen LogP) is -0.496. The molecule has 0 bridgehead atoms. The summed E-state index contributed by atoms with van der Waals surface area (Å²) >= 11 is 1.01. The molecule has 0 aliphatic heterocycles. The van der Waals surface area contributed by atoms with Gasteiger partial charge >= 0.3 is 0 Å². The molecule has 2 heterocycles. The Bertz CT molecular complexity index is 486. The smallest absolute Gasteiger partial charge is 0.189 e. The summed E-state index contributed by atoms with van der Waals surface area (Å²) in [6, 6.07) is 3.46. The van der Waals surface area contributed by atoms with Crippen molar-refractivity contribution in [1.82, 2.24) is 19.7 Å². The van der Waals surface area contributed by atoms with Crippen LogP contribution in [0.3, 0.4) is 0 Å². The molecule has 0 radical (unpaired) electrons. The molecule has 2 aromatic rings. The Hall–Kier alpha value is -1.89. The van der Waals surface area contributed by atoms with Gasteiger partial charge in [0.2, 0.25) is 0 Å². The number of hydrogen-bond acceptors (Lipinski definition) is 6. The summed E-state index contributed by atoms with van der Waals surface area (Å²) < 4.78 is 1.57. The Morgan fingerprint density at radius 2 is 2.38 bits per heavy atom. The van der Waals surface area contributed by atoms with Gasteiger partial charge in [-0.15, -0.1) is 0 Å². The molecule has 2 rings (SSSR count). The topological polar surface area (TPSA) is 83.7 Å². The van der Waals surface area contributed by atoms with Crippen molar-refractivity contribution in [2.24, 2.45) is 0 Å². The summed E-state index contributed by atoms with van der Waals surface area (Å²) in [5.74, 6) is -0.707. The van der Waals surface area contributed by atoms with Crippen LogP contribution in [0.5, 0.6) is 0 Å². The molecule has 82 valence electrons. The second-order valence-corrected chi connectivity index (χ2v) is 3.75. The summed E-state index contributed by atoms with van der Waals surface area (Å²) in [4.78, 5) is 18.4. The Morgan fingerprint density at radius 1 is 1.50 bits per heavy atom. The lowest BCUT2D eigenvalue weighted by atomic mass is 10.6. The third-order valence-corrected chi connectivity index (χ3v) is 2.51. The van der Waals surface area contributed by atoms with Gasteiger partial charge in [0.05, 0.1) is 5.97 Å². The molecule has 7 heteroatoms. The molecule has 2 aromatic heterocycles. The fourth-order valence-electron chi connectivity index (χ4n) is 1.06. The first-order valence-corrected chi connectivity index (χ1v) is 5.40. The standard InChI is InChI=1S/C9H8N4O2S/c14-8(15)6-16-9-10-4-2-7(12-9)13-5-1-3-11-13/h1-5H,6H2,(H,14,15)/p-1. The van der Waals surface area contributed by atoms with E-state index >= 15 is 0 Å². The number of thioether (sulfide) groups is 1. The number of carbonyl (C=O) groups excluding carboxylic acids is 1. The molecule has 0 aliphatic carbocycles. The van der Waals surface area contributed by atoms with Crippen LogP contribution in [0.25, 0.3) is 5.82 Å². The van der Waals surface area contributed by atoms with Gasteiger partial charge in [-0.05, 0) is 6.07 Å². The van der Waals surface area contributed by atoms with E-state index in [0.717, 1.165) is 11.8 Å². The molecule has 16 heavy (non-hydrogen) atoms. The van der Waals surface area contributed by atoms with Crippen LogP contribution in [0.2, 0.25) is 0 Å². The van der Waals surface area contributed by atoms with Gasteiger partial charge < -0.3 is 9.90 Å². The highest BCUT2D eigenvalue weighted by Gasteiger charge is 2.02. The maximum absolute atomic E-state index is 10.3. The SMILES string of the molecule is O=C([O-])CSc1nccc(-n2cccn2)n1. The molecule has 6 nitrogen and oxygen atoms in total. The second-order valence-electron chi connectivity index (χ2n) is 2.81. The number of hydrogen-bond donors (Lipinski definition) is 0. The maximum atomic E-state index is 10.3. The van der Waals surface area contributed by atoms with Gasteiger partial charge in [0.25, 0.3) is 0 Å². The van der Waals surface area contributed by atoms with Crippen molar-refractivity contribution in [2.45, 2.75) is 5.16 Å². The fourth-order valence-corrected chi connectivity index (χ4v) is 1.60. The van der Waals surface area contributed by atoms with E-state index < -0.39 is 5.97 Å². The number of nitrogens with zero attached hydrogens (tertiary/aromatic N) is 4. The van der Waals surface area contributed by atoms with Gasteiger partial charge in [-0.25, -0.2) is 14.6 Å². The minimum absolute atomic E-state index is 0.164. The van der Waals surface area contributed by atoms with Crippen molar-refractivity contribution < 1.29 is 9.90 Å². The van der Waals surface area contributed by atoms with Gasteiger partial charge in [0, 0.05) is 30.4 Å². The van der Waals surface area contributed by atoms with Crippen LogP contribution in [0.1, 0.15) is 0 Å². The lowest BCUT2D eigenvalue weighted by Crippen LogP contribution is -2.24. The van der Waals surface area contributed by atoms with Crippen molar-refractivity contribution in [3.8, 4) is 5.82 Å². The first-order chi connectivity index (χ1) is 7.75. The largest absolute Gasteiger partial charge is 0.549 e. The van der Waals surface area contributed by atoms with Gasteiger partial charge in [0.1, 0.15) is 0 Å². The molecule has 0 fully saturated rings. The highest BCUT2D eigenvalue weighted by molar-refractivity contribution is 7.99. The summed E-state index contributed by atoms with van der Waals surface area (Å²) in [6.07, 6.45) is 4.94. The molecule has 0 saturated heterocycles. The third-order valence-electron chi connectivity index (χ3n) is 1.68. The van der Waals surface area contributed by atoms with Crippen LogP contribution < -0.4 is 5.11 Å². The zero-order valence-corrected chi connectivity index (χ0v) is 8.92. The Morgan fingerprint density at radius 3 is 3.06 bits per heavy atom. The van der Waals surface area contributed by atoms with Gasteiger partial charge in [-0.2, -0.15) is 5.10 Å². The molecule has 0 spiro atoms. The average Bonchev–Trinajstić information content (AvgIpc) is 2.80. The van der Waals surface area contributed by atoms with Crippen LogP contribution in [-0.4, -0.2) is 31.5 Å². The first-order valence-electron chi connectivity index (χ1n) is 4.41. The number of rotatable bonds is 4. The normalized spacial score (nSPS) is 10.2. The van der Waals surface area contributed by atoms with Crippen LogP contribution >= 0.6 is 11.8 Å². The van der Waals surface area contributed by atoms with Crippen molar-refractivity contribution in [1.29, 1.82) is 0 Å². The van der Waals surface area contributed by atoms with Crippen molar-refractivity contribution in [2.75, 3.05) is 5.75 Å². The van der Waals surface area contributed by atoms with Crippen LogP contribution in [0, 0.1) is 0 Å². The van der Waals surface area contributed by atoms with Gasteiger partial charge in [-0.1, -0.05) is 11.8 Å². The summed E-state index contributed by atoms with van der Waals surface area (Å²) in [7, 11) is 0. The van der Waals surface area contributed by atoms with Crippen LogP contribution in [0.4, 0.5) is 0 Å². The zero-order valence-electron chi connectivity index (χ0n) is 8.11. The van der Waals surface area contributed by atoms with Crippen LogP contribution in [-0.2, 0) is 4.79 Å². The third kappa shape index (κ3) is 2.57. The predicted molar refractivity (Wildman–Crippen MR) is 54.9 cm³/mol. The van der Waals surface area contributed by atoms with E-state index in [0.29, 0.717) is 11.0 Å². The summed E-state index contributed by atoms with van der Waals surface area (Å²) in [5.41, 5.74) is 0. The van der Waals surface area contributed by atoms with Crippen molar-refractivity contribution in [3.63, 3.8) is 0 Å². The molecular weight excluding hydrogens is 228 g/mol. The highest BCUT2D eigenvalue weighted by Crippen LogP contribution is 2.12. The highest BCUT2D eigenvalue weighted by atomic mass is 32.2. The van der Waals surface area contributed by atoms with E-state index in [2.05, 4.69) is 15.1 Å². The molecule has 0 N–H and O–H groups in total. The summed E-state index contributed by atoms with van der Waals surface area (Å²) in [5, 5.41) is 14.7. The van der Waals surface area contributed by atoms with Crippen molar-refractivity contribution >= 4 is 17.7 Å². The second kappa shape index (κ2) is 4.75. The number of aliphatic carboxylic acids is 1. The lowest BCUT2D eigenvalue weighted by molar-refractivity contribution is -0.301. The number of carbonyl (C=O) groups is 1. The maximum Gasteiger partial charge on any atom is 0.189 e. The fraction of sp³-hybridized carbons (Fsp3) is 0.111. The van der Waals surface area contributed by atoms with Gasteiger partial charge in [-0.3, -0.25) is 0 Å². The molecule has 0 aliphatic rings. The minimum Gasteiger partial charge on any atom is -0.549 e. The van der Waals surface area contributed by atoms with E-state index in [9.17, 15) is 9.90 Å². The van der Waals surface area contributed by atoms with E-state index in [4.69, 9.17) is 0 Å². The average molecular weight is 235 g/mol. The van der Waals surface area contributed by atoms with Gasteiger partial charge in [0.15, 0.2) is 11.0 Å². The quantitative estimate of drug-likeness (QED) is 0.525. The molecule has 0 unspecified atom stereocenters. The Balaban J connectivity index is 2.17. The van der Waals surface area contributed by atoms with Crippen molar-refractivity contribution in [3.05, 3.63) is 30.7 Å². The Kier molecular flexibility index (Phi) is 3.16. The van der Waals surface area contributed by atoms with E-state index in [1.165, 1.54) is 0 Å². The summed E-state index contributed by atoms with van der Waals surface area (Å²) in [6.45, 7) is 0. The monoisotopic (exact) mass is 235 g/mol.